The van der Waals surface area contributed by atoms with Crippen molar-refractivity contribution < 1.29 is 18.6 Å². The SMILES string of the molecule is CCNC(=NCc1ccnc(Oc2ccc(F)cc2)c1)Nc1ccc(OC)c(OC)c1. The lowest BCUT2D eigenvalue weighted by molar-refractivity contribution is 0.355. The van der Waals surface area contributed by atoms with E-state index in [-0.39, 0.29) is 5.82 Å². The number of aromatic nitrogens is 1. The van der Waals surface area contributed by atoms with Gasteiger partial charge >= 0.3 is 0 Å². The minimum Gasteiger partial charge on any atom is -0.493 e. The summed E-state index contributed by atoms with van der Waals surface area (Å²) in [4.78, 5) is 8.83. The fourth-order valence-electron chi connectivity index (χ4n) is 2.76. The summed E-state index contributed by atoms with van der Waals surface area (Å²) in [7, 11) is 3.19. The highest BCUT2D eigenvalue weighted by Crippen LogP contribution is 2.29. The van der Waals surface area contributed by atoms with Crippen molar-refractivity contribution >= 4 is 11.6 Å². The minimum atomic E-state index is -0.318. The zero-order valence-electron chi connectivity index (χ0n) is 17.7. The third kappa shape index (κ3) is 6.33. The summed E-state index contributed by atoms with van der Waals surface area (Å²) in [5.41, 5.74) is 1.73. The quantitative estimate of drug-likeness (QED) is 0.406. The maximum absolute atomic E-state index is 13.1. The molecule has 0 aliphatic carbocycles. The molecule has 3 rings (SSSR count). The van der Waals surface area contributed by atoms with Crippen LogP contribution in [0.3, 0.4) is 0 Å². The van der Waals surface area contributed by atoms with Gasteiger partial charge in [-0.1, -0.05) is 0 Å². The average Bonchev–Trinajstić information content (AvgIpc) is 2.79. The molecule has 0 saturated heterocycles. The summed E-state index contributed by atoms with van der Waals surface area (Å²) in [6.07, 6.45) is 1.65. The van der Waals surface area contributed by atoms with Gasteiger partial charge in [0.2, 0.25) is 5.88 Å². The molecule has 2 aromatic carbocycles. The van der Waals surface area contributed by atoms with Crippen LogP contribution in [0.2, 0.25) is 0 Å². The average molecular weight is 424 g/mol. The normalized spacial score (nSPS) is 11.0. The van der Waals surface area contributed by atoms with Gasteiger partial charge in [-0.05, 0) is 55.0 Å². The molecule has 1 aromatic heterocycles. The molecular weight excluding hydrogens is 399 g/mol. The molecule has 31 heavy (non-hydrogen) atoms. The Kier molecular flexibility index (Phi) is 7.64. The number of nitrogens with one attached hydrogen (secondary N) is 2. The van der Waals surface area contributed by atoms with E-state index in [1.165, 1.54) is 12.1 Å². The molecule has 0 saturated carbocycles. The van der Waals surface area contributed by atoms with Crippen molar-refractivity contribution in [3.8, 4) is 23.1 Å². The summed E-state index contributed by atoms with van der Waals surface area (Å²) < 4.78 is 29.4. The van der Waals surface area contributed by atoms with E-state index in [1.807, 2.05) is 31.2 Å². The van der Waals surface area contributed by atoms with Crippen LogP contribution in [-0.2, 0) is 6.54 Å². The van der Waals surface area contributed by atoms with Crippen molar-refractivity contribution in [1.29, 1.82) is 0 Å². The third-order valence-corrected chi connectivity index (χ3v) is 4.25. The van der Waals surface area contributed by atoms with Gasteiger partial charge in [-0.25, -0.2) is 14.4 Å². The number of guanidine groups is 1. The topological polar surface area (TPSA) is 77.0 Å². The highest BCUT2D eigenvalue weighted by atomic mass is 19.1. The Morgan fingerprint density at radius 3 is 2.48 bits per heavy atom. The van der Waals surface area contributed by atoms with Crippen LogP contribution in [0.25, 0.3) is 0 Å². The van der Waals surface area contributed by atoms with Crippen molar-refractivity contribution in [2.24, 2.45) is 4.99 Å². The smallest absolute Gasteiger partial charge is 0.219 e. The Labute approximate surface area is 180 Å². The van der Waals surface area contributed by atoms with Crippen molar-refractivity contribution in [3.05, 3.63) is 72.2 Å². The maximum atomic E-state index is 13.1. The zero-order chi connectivity index (χ0) is 22.1. The number of rotatable bonds is 8. The molecule has 3 aromatic rings. The van der Waals surface area contributed by atoms with E-state index in [0.717, 1.165) is 11.3 Å². The molecule has 0 amide bonds. The van der Waals surface area contributed by atoms with Crippen LogP contribution in [0, 0.1) is 5.82 Å². The second-order valence-electron chi connectivity index (χ2n) is 6.45. The van der Waals surface area contributed by atoms with Gasteiger partial charge in [0.1, 0.15) is 11.6 Å². The summed E-state index contributed by atoms with van der Waals surface area (Å²) in [6, 6.07) is 15.0. The van der Waals surface area contributed by atoms with Crippen molar-refractivity contribution in [2.75, 3.05) is 26.1 Å². The van der Waals surface area contributed by atoms with Gasteiger partial charge in [0.15, 0.2) is 17.5 Å². The largest absolute Gasteiger partial charge is 0.493 e. The van der Waals surface area contributed by atoms with Gasteiger partial charge in [0, 0.05) is 30.6 Å². The van der Waals surface area contributed by atoms with E-state index in [9.17, 15) is 4.39 Å². The molecule has 0 atom stereocenters. The highest BCUT2D eigenvalue weighted by Gasteiger charge is 2.07. The minimum absolute atomic E-state index is 0.318. The summed E-state index contributed by atoms with van der Waals surface area (Å²) in [5.74, 6) is 2.50. The van der Waals surface area contributed by atoms with Gasteiger partial charge < -0.3 is 24.8 Å². The number of methoxy groups -OCH3 is 2. The molecule has 0 spiro atoms. The van der Waals surface area contributed by atoms with Gasteiger partial charge in [0.05, 0.1) is 20.8 Å². The summed E-state index contributed by atoms with van der Waals surface area (Å²) in [5, 5.41) is 6.47. The van der Waals surface area contributed by atoms with Crippen LogP contribution in [0.5, 0.6) is 23.1 Å². The number of aliphatic imine (C=N–C) groups is 1. The standard InChI is InChI=1S/C23H25FN4O3/c1-4-25-23(28-18-7-10-20(29-2)21(14-18)30-3)27-15-16-11-12-26-22(13-16)31-19-8-5-17(24)6-9-19/h5-14H,4,15H2,1-3H3,(H2,25,27,28). The van der Waals surface area contributed by atoms with Crippen LogP contribution >= 0.6 is 0 Å². The van der Waals surface area contributed by atoms with Crippen molar-refractivity contribution in [2.45, 2.75) is 13.5 Å². The van der Waals surface area contributed by atoms with E-state index in [1.54, 1.807) is 38.6 Å². The number of anilines is 1. The Balaban J connectivity index is 1.71. The fraction of sp³-hybridized carbons (Fsp3) is 0.217. The lowest BCUT2D eigenvalue weighted by Gasteiger charge is -2.14. The van der Waals surface area contributed by atoms with Gasteiger partial charge in [-0.15, -0.1) is 0 Å². The van der Waals surface area contributed by atoms with E-state index in [0.29, 0.717) is 42.2 Å². The van der Waals surface area contributed by atoms with E-state index >= 15 is 0 Å². The first-order chi connectivity index (χ1) is 15.1. The number of ether oxygens (including phenoxy) is 3. The predicted octanol–water partition coefficient (Wildman–Crippen LogP) is 4.61. The first-order valence-electron chi connectivity index (χ1n) is 9.77. The molecular formula is C23H25FN4O3. The monoisotopic (exact) mass is 424 g/mol. The molecule has 2 N–H and O–H groups in total. The Morgan fingerprint density at radius 1 is 1.00 bits per heavy atom. The predicted molar refractivity (Wildman–Crippen MR) is 119 cm³/mol. The number of halogens is 1. The van der Waals surface area contributed by atoms with E-state index in [2.05, 4.69) is 20.6 Å². The molecule has 0 aliphatic rings. The van der Waals surface area contributed by atoms with Crippen molar-refractivity contribution in [3.63, 3.8) is 0 Å². The molecule has 7 nitrogen and oxygen atoms in total. The van der Waals surface area contributed by atoms with Crippen LogP contribution < -0.4 is 24.8 Å². The molecule has 0 fully saturated rings. The fourth-order valence-corrected chi connectivity index (χ4v) is 2.76. The molecule has 8 heteroatoms. The summed E-state index contributed by atoms with van der Waals surface area (Å²) in [6.45, 7) is 3.10. The van der Waals surface area contributed by atoms with Gasteiger partial charge in [0.25, 0.3) is 0 Å². The number of benzene rings is 2. The Hall–Kier alpha value is -3.81. The molecule has 0 bridgehead atoms. The van der Waals surface area contributed by atoms with Crippen LogP contribution in [-0.4, -0.2) is 31.7 Å². The molecule has 0 aliphatic heterocycles. The second-order valence-corrected chi connectivity index (χ2v) is 6.45. The molecule has 0 radical (unpaired) electrons. The lowest BCUT2D eigenvalue weighted by atomic mass is 10.2. The molecule has 0 unspecified atom stereocenters. The van der Waals surface area contributed by atoms with Crippen LogP contribution in [0.15, 0.2) is 65.8 Å². The number of pyridine rings is 1. The zero-order valence-corrected chi connectivity index (χ0v) is 17.7. The first kappa shape index (κ1) is 21.9. The maximum Gasteiger partial charge on any atom is 0.219 e. The van der Waals surface area contributed by atoms with Crippen molar-refractivity contribution in [1.82, 2.24) is 10.3 Å². The first-order valence-corrected chi connectivity index (χ1v) is 9.77. The van der Waals surface area contributed by atoms with Gasteiger partial charge in [-0.3, -0.25) is 0 Å². The van der Waals surface area contributed by atoms with E-state index < -0.39 is 0 Å². The lowest BCUT2D eigenvalue weighted by Crippen LogP contribution is -2.30. The highest BCUT2D eigenvalue weighted by molar-refractivity contribution is 5.93. The van der Waals surface area contributed by atoms with Gasteiger partial charge in [-0.2, -0.15) is 0 Å². The van der Waals surface area contributed by atoms with E-state index in [4.69, 9.17) is 14.2 Å². The Bertz CT molecular complexity index is 1030. The number of nitrogens with zero attached hydrogens (tertiary/aromatic N) is 2. The second kappa shape index (κ2) is 10.8. The number of hydrogen-bond acceptors (Lipinski definition) is 5. The number of hydrogen-bond donors (Lipinski definition) is 2. The molecule has 1 heterocycles. The third-order valence-electron chi connectivity index (χ3n) is 4.25. The Morgan fingerprint density at radius 2 is 1.77 bits per heavy atom. The van der Waals surface area contributed by atoms with Crippen LogP contribution in [0.4, 0.5) is 10.1 Å². The summed E-state index contributed by atoms with van der Waals surface area (Å²) >= 11 is 0. The molecule has 162 valence electrons. The van der Waals surface area contributed by atoms with Crippen LogP contribution in [0.1, 0.15) is 12.5 Å².